The monoisotopic (exact) mass is 179 g/mol. The van der Waals surface area contributed by atoms with Crippen LogP contribution in [-0.4, -0.2) is 11.9 Å². The third kappa shape index (κ3) is 3.55. The lowest BCUT2D eigenvalue weighted by molar-refractivity contribution is -0.0931. The molecule has 0 atom stereocenters. The Labute approximate surface area is 70.0 Å². The molecule has 0 fully saturated rings. The van der Waals surface area contributed by atoms with Gasteiger partial charge in [-0.25, -0.2) is 0 Å². The Balaban J connectivity index is 4.99. The first-order valence-electron chi connectivity index (χ1n) is 3.51. The molecule has 0 aromatic carbocycles. The van der Waals surface area contributed by atoms with E-state index in [1.165, 1.54) is 27.7 Å². The highest BCUT2D eigenvalue weighted by Crippen LogP contribution is 2.29. The van der Waals surface area contributed by atoms with E-state index in [4.69, 9.17) is 0 Å². The molecule has 0 spiro atoms. The zero-order valence-corrected chi connectivity index (χ0v) is 7.58. The molecule has 0 aromatic rings. The van der Waals surface area contributed by atoms with E-state index in [1.54, 1.807) is 0 Å². The number of aliphatic imine (C=N–C) groups is 1. The van der Waals surface area contributed by atoms with Gasteiger partial charge in [-0.1, -0.05) is 0 Å². The van der Waals surface area contributed by atoms with Gasteiger partial charge in [0, 0.05) is 5.71 Å². The summed E-state index contributed by atoms with van der Waals surface area (Å²) in [6.45, 7) is 5.87. The Morgan fingerprint density at radius 1 is 1.00 bits per heavy atom. The highest BCUT2D eigenvalue weighted by Gasteiger charge is 2.34. The summed E-state index contributed by atoms with van der Waals surface area (Å²) < 4.78 is 36.5. The van der Waals surface area contributed by atoms with Gasteiger partial charge in [-0.3, -0.25) is 4.99 Å². The van der Waals surface area contributed by atoms with Crippen molar-refractivity contribution in [3.8, 4) is 0 Å². The number of hydrogen-bond acceptors (Lipinski definition) is 1. The summed E-state index contributed by atoms with van der Waals surface area (Å²) in [6.07, 6.45) is -4.34. The van der Waals surface area contributed by atoms with E-state index in [2.05, 4.69) is 4.99 Å². The predicted molar refractivity (Wildman–Crippen MR) is 43.2 cm³/mol. The van der Waals surface area contributed by atoms with E-state index in [-0.39, 0.29) is 5.57 Å². The first-order valence-corrected chi connectivity index (χ1v) is 3.51. The highest BCUT2D eigenvalue weighted by atomic mass is 19.4. The normalized spacial score (nSPS) is 10.9. The Morgan fingerprint density at radius 2 is 1.42 bits per heavy atom. The SMILES string of the molecule is CC(C)=NC(=C(C)C)C(F)(F)F. The van der Waals surface area contributed by atoms with Gasteiger partial charge in [-0.2, -0.15) is 13.2 Å². The van der Waals surface area contributed by atoms with E-state index in [0.717, 1.165) is 0 Å². The molecule has 12 heavy (non-hydrogen) atoms. The van der Waals surface area contributed by atoms with E-state index in [0.29, 0.717) is 5.71 Å². The molecular formula is C8H12F3N. The van der Waals surface area contributed by atoms with Crippen molar-refractivity contribution < 1.29 is 13.2 Å². The molecule has 0 aliphatic heterocycles. The molecule has 0 rings (SSSR count). The van der Waals surface area contributed by atoms with Gasteiger partial charge in [0.05, 0.1) is 0 Å². The van der Waals surface area contributed by atoms with Crippen LogP contribution in [0.1, 0.15) is 27.7 Å². The minimum atomic E-state index is -4.34. The molecule has 0 saturated carbocycles. The number of halogens is 3. The maximum absolute atomic E-state index is 12.2. The molecule has 0 radical (unpaired) electrons. The summed E-state index contributed by atoms with van der Waals surface area (Å²) >= 11 is 0. The Kier molecular flexibility index (Phi) is 3.49. The number of hydrogen-bond donors (Lipinski definition) is 0. The second kappa shape index (κ2) is 3.74. The van der Waals surface area contributed by atoms with Crippen LogP contribution in [0.25, 0.3) is 0 Å². The molecular weight excluding hydrogens is 167 g/mol. The highest BCUT2D eigenvalue weighted by molar-refractivity contribution is 5.80. The molecule has 0 heterocycles. The molecule has 0 bridgehead atoms. The van der Waals surface area contributed by atoms with Gasteiger partial charge in [0.25, 0.3) is 0 Å². The third-order valence-corrected chi connectivity index (χ3v) is 1.08. The van der Waals surface area contributed by atoms with E-state index >= 15 is 0 Å². The number of allylic oxidation sites excluding steroid dienone is 2. The fourth-order valence-corrected chi connectivity index (χ4v) is 0.682. The Hall–Kier alpha value is -0.800. The van der Waals surface area contributed by atoms with E-state index < -0.39 is 11.9 Å². The topological polar surface area (TPSA) is 12.4 Å². The number of nitrogens with zero attached hydrogens (tertiary/aromatic N) is 1. The van der Waals surface area contributed by atoms with Crippen molar-refractivity contribution in [2.45, 2.75) is 33.9 Å². The minimum Gasteiger partial charge on any atom is -0.253 e. The van der Waals surface area contributed by atoms with Gasteiger partial charge >= 0.3 is 6.18 Å². The predicted octanol–water partition coefficient (Wildman–Crippen LogP) is 3.32. The van der Waals surface area contributed by atoms with Crippen LogP contribution in [0.2, 0.25) is 0 Å². The van der Waals surface area contributed by atoms with Crippen LogP contribution in [0.3, 0.4) is 0 Å². The molecule has 70 valence electrons. The number of alkyl halides is 3. The minimum absolute atomic E-state index is 0.184. The lowest BCUT2D eigenvalue weighted by Gasteiger charge is -2.09. The maximum Gasteiger partial charge on any atom is 0.433 e. The summed E-state index contributed by atoms with van der Waals surface area (Å²) in [5.74, 6) is 0. The van der Waals surface area contributed by atoms with E-state index in [9.17, 15) is 13.2 Å². The molecule has 1 nitrogen and oxygen atoms in total. The van der Waals surface area contributed by atoms with Crippen molar-refractivity contribution in [3.05, 3.63) is 11.3 Å². The first kappa shape index (κ1) is 11.2. The lowest BCUT2D eigenvalue weighted by atomic mass is 10.2. The molecule has 0 saturated heterocycles. The van der Waals surface area contributed by atoms with Crippen molar-refractivity contribution in [1.29, 1.82) is 0 Å². The second-order valence-corrected chi connectivity index (χ2v) is 2.91. The average molecular weight is 179 g/mol. The second-order valence-electron chi connectivity index (χ2n) is 2.91. The molecule has 0 N–H and O–H groups in total. The third-order valence-electron chi connectivity index (χ3n) is 1.08. The standard InChI is InChI=1S/C8H12F3N/c1-5(2)7(8(9,10)11)12-6(3)4/h1-4H3. The van der Waals surface area contributed by atoms with Gasteiger partial charge in [0.1, 0.15) is 5.70 Å². The van der Waals surface area contributed by atoms with Crippen molar-refractivity contribution >= 4 is 5.71 Å². The number of rotatable bonds is 1. The zero-order valence-electron chi connectivity index (χ0n) is 7.58. The van der Waals surface area contributed by atoms with Crippen LogP contribution < -0.4 is 0 Å². The van der Waals surface area contributed by atoms with Gasteiger partial charge < -0.3 is 0 Å². The van der Waals surface area contributed by atoms with Gasteiger partial charge in [-0.15, -0.1) is 0 Å². The van der Waals surface area contributed by atoms with Crippen molar-refractivity contribution in [2.24, 2.45) is 4.99 Å². The van der Waals surface area contributed by atoms with Crippen LogP contribution in [-0.2, 0) is 0 Å². The fraction of sp³-hybridized carbons (Fsp3) is 0.625. The van der Waals surface area contributed by atoms with Crippen LogP contribution in [0, 0.1) is 0 Å². The molecule has 0 unspecified atom stereocenters. The molecule has 4 heteroatoms. The average Bonchev–Trinajstić information content (AvgIpc) is 1.79. The van der Waals surface area contributed by atoms with Crippen molar-refractivity contribution in [2.75, 3.05) is 0 Å². The fourth-order valence-electron chi connectivity index (χ4n) is 0.682. The van der Waals surface area contributed by atoms with E-state index in [1.807, 2.05) is 0 Å². The Morgan fingerprint density at radius 3 is 1.50 bits per heavy atom. The summed E-state index contributed by atoms with van der Waals surface area (Å²) in [5.41, 5.74) is -0.199. The van der Waals surface area contributed by atoms with Gasteiger partial charge in [-0.05, 0) is 33.3 Å². The van der Waals surface area contributed by atoms with Crippen molar-refractivity contribution in [1.82, 2.24) is 0 Å². The maximum atomic E-state index is 12.2. The quantitative estimate of drug-likeness (QED) is 0.547. The van der Waals surface area contributed by atoms with Crippen LogP contribution in [0.15, 0.2) is 16.3 Å². The molecule has 0 aliphatic carbocycles. The largest absolute Gasteiger partial charge is 0.433 e. The van der Waals surface area contributed by atoms with Gasteiger partial charge in [0.2, 0.25) is 0 Å². The van der Waals surface area contributed by atoms with Gasteiger partial charge in [0.15, 0.2) is 0 Å². The van der Waals surface area contributed by atoms with Crippen LogP contribution >= 0.6 is 0 Å². The summed E-state index contributed by atoms with van der Waals surface area (Å²) in [6, 6.07) is 0. The summed E-state index contributed by atoms with van der Waals surface area (Å²) in [7, 11) is 0. The van der Waals surface area contributed by atoms with Crippen LogP contribution in [0.5, 0.6) is 0 Å². The Bertz CT molecular complexity index is 215. The molecule has 0 aliphatic rings. The zero-order chi connectivity index (χ0) is 9.94. The summed E-state index contributed by atoms with van der Waals surface area (Å²) in [5, 5.41) is 0. The molecule has 0 amide bonds. The van der Waals surface area contributed by atoms with Crippen LogP contribution in [0.4, 0.5) is 13.2 Å². The lowest BCUT2D eigenvalue weighted by Crippen LogP contribution is -2.12. The van der Waals surface area contributed by atoms with Crippen molar-refractivity contribution in [3.63, 3.8) is 0 Å². The first-order chi connectivity index (χ1) is 5.25. The molecule has 0 aromatic heterocycles. The smallest absolute Gasteiger partial charge is 0.253 e. The summed E-state index contributed by atoms with van der Waals surface area (Å²) in [4.78, 5) is 3.42.